The molecule has 0 spiro atoms. The Kier molecular flexibility index (Phi) is 8.84. The predicted octanol–water partition coefficient (Wildman–Crippen LogP) is 8.90. The number of Topliss-reactive ketones (excluding diaryl/α,β-unsaturated/α-hetero) is 3. The van der Waals surface area contributed by atoms with Crippen molar-refractivity contribution in [3.8, 4) is 0 Å². The van der Waals surface area contributed by atoms with E-state index in [1.807, 2.05) is 19.1 Å². The van der Waals surface area contributed by atoms with Gasteiger partial charge in [0, 0.05) is 28.9 Å². The molecule has 4 aliphatic rings. The van der Waals surface area contributed by atoms with Crippen molar-refractivity contribution in [3.63, 3.8) is 0 Å². The van der Waals surface area contributed by atoms with E-state index >= 15 is 0 Å². The van der Waals surface area contributed by atoms with Crippen molar-refractivity contribution in [1.29, 1.82) is 0 Å². The highest BCUT2D eigenvalue weighted by molar-refractivity contribution is 6.55. The van der Waals surface area contributed by atoms with Crippen LogP contribution in [0.15, 0.2) is 42.0 Å². The molecule has 3 heteroatoms. The minimum atomic E-state index is -0.339. The first kappa shape index (κ1) is 28.0. The highest BCUT2D eigenvalue weighted by Crippen LogP contribution is 2.41. The molecule has 0 radical (unpaired) electrons. The number of hydrogen-bond acceptors (Lipinski definition) is 3. The van der Waals surface area contributed by atoms with Gasteiger partial charge in [-0.15, -0.1) is 0 Å². The van der Waals surface area contributed by atoms with E-state index in [4.69, 9.17) is 0 Å². The van der Waals surface area contributed by atoms with Crippen LogP contribution in [0.4, 0.5) is 0 Å². The van der Waals surface area contributed by atoms with Crippen LogP contribution in [0.5, 0.6) is 0 Å². The van der Waals surface area contributed by atoms with Gasteiger partial charge in [-0.25, -0.2) is 0 Å². The molecule has 1 aromatic rings. The lowest BCUT2D eigenvalue weighted by Crippen LogP contribution is -2.25. The summed E-state index contributed by atoms with van der Waals surface area (Å²) in [6.45, 7) is 6.36. The zero-order valence-electron chi connectivity index (χ0n) is 24.3. The Morgan fingerprint density at radius 3 is 2.21 bits per heavy atom. The molecular weight excluding hydrogens is 480 g/mol. The smallest absolute Gasteiger partial charge is 0.229 e. The van der Waals surface area contributed by atoms with E-state index in [0.29, 0.717) is 17.4 Å². The average Bonchev–Trinajstić information content (AvgIpc) is 3.23. The monoisotopic (exact) mass is 526 g/mol. The Balaban J connectivity index is 1.27. The summed E-state index contributed by atoms with van der Waals surface area (Å²) in [5.41, 5.74) is 5.63. The lowest BCUT2D eigenvalue weighted by Gasteiger charge is -2.29. The minimum absolute atomic E-state index is 0.0485. The standard InChI is InChI=1S/C36H46O3/c1-23-11-13-26(14-12-23)21-27-15-17-29(18-16-27)34(37)31-22-32-30(19-25(31)3)24(2)20-33(32)36(39)35(38)28-9-7-5-4-6-8-10-28/h11,13-14,19-20,22-24,27-29H,4-10,12,15-18,21H2,1-3H3. The lowest BCUT2D eigenvalue weighted by molar-refractivity contribution is -0.136. The maximum Gasteiger partial charge on any atom is 0.229 e. The molecule has 0 amide bonds. The largest absolute Gasteiger partial charge is 0.294 e. The molecule has 2 fully saturated rings. The van der Waals surface area contributed by atoms with Gasteiger partial charge >= 0.3 is 0 Å². The molecule has 0 bridgehead atoms. The van der Waals surface area contributed by atoms with Crippen LogP contribution in [0.25, 0.3) is 5.57 Å². The van der Waals surface area contributed by atoms with Gasteiger partial charge in [-0.3, -0.25) is 14.4 Å². The third-order valence-electron chi connectivity index (χ3n) is 9.94. The number of carbonyl (C=O) groups excluding carboxylic acids is 3. The lowest BCUT2D eigenvalue weighted by atomic mass is 9.75. The maximum atomic E-state index is 13.8. The van der Waals surface area contributed by atoms with E-state index in [9.17, 15) is 14.4 Å². The summed E-state index contributed by atoms with van der Waals surface area (Å²) in [5, 5.41) is 0. The number of hydrogen-bond donors (Lipinski definition) is 0. The summed E-state index contributed by atoms with van der Waals surface area (Å²) in [4.78, 5) is 40.6. The molecule has 0 aliphatic heterocycles. The summed E-state index contributed by atoms with van der Waals surface area (Å²) < 4.78 is 0. The van der Waals surface area contributed by atoms with E-state index < -0.39 is 0 Å². The van der Waals surface area contributed by atoms with Crippen molar-refractivity contribution in [2.75, 3.05) is 0 Å². The van der Waals surface area contributed by atoms with Crippen molar-refractivity contribution in [2.45, 2.75) is 110 Å². The summed E-state index contributed by atoms with van der Waals surface area (Å²) in [6, 6.07) is 4.05. The molecule has 3 nitrogen and oxygen atoms in total. The topological polar surface area (TPSA) is 51.2 Å². The van der Waals surface area contributed by atoms with Crippen molar-refractivity contribution in [1.82, 2.24) is 0 Å². The van der Waals surface area contributed by atoms with Crippen LogP contribution in [-0.4, -0.2) is 17.3 Å². The number of aryl methyl sites for hydroxylation is 1. The second kappa shape index (κ2) is 12.3. The molecule has 2 atom stereocenters. The fraction of sp³-hybridized carbons (Fsp3) is 0.583. The number of ketones is 3. The quantitative estimate of drug-likeness (QED) is 0.263. The van der Waals surface area contributed by atoms with Gasteiger partial charge in [0.1, 0.15) is 0 Å². The molecule has 39 heavy (non-hydrogen) atoms. The molecule has 208 valence electrons. The van der Waals surface area contributed by atoms with Crippen LogP contribution in [0.1, 0.15) is 130 Å². The summed E-state index contributed by atoms with van der Waals surface area (Å²) in [5.74, 6) is 0.945. The normalized spacial score (nSPS) is 27.7. The molecule has 5 rings (SSSR count). The predicted molar refractivity (Wildman–Crippen MR) is 159 cm³/mol. The van der Waals surface area contributed by atoms with Gasteiger partial charge < -0.3 is 0 Å². The van der Waals surface area contributed by atoms with E-state index in [0.717, 1.165) is 99.3 Å². The summed E-state index contributed by atoms with van der Waals surface area (Å²) >= 11 is 0. The third kappa shape index (κ3) is 6.28. The van der Waals surface area contributed by atoms with Crippen molar-refractivity contribution in [3.05, 3.63) is 64.3 Å². The number of fused-ring (bicyclic) bond motifs is 1. The molecule has 2 unspecified atom stereocenters. The Hall–Kier alpha value is -2.55. The molecular formula is C36H46O3. The van der Waals surface area contributed by atoms with Crippen molar-refractivity contribution >= 4 is 22.9 Å². The minimum Gasteiger partial charge on any atom is -0.294 e. The average molecular weight is 527 g/mol. The first-order chi connectivity index (χ1) is 18.8. The van der Waals surface area contributed by atoms with Crippen LogP contribution in [0.2, 0.25) is 0 Å². The zero-order valence-corrected chi connectivity index (χ0v) is 24.3. The second-order valence-electron chi connectivity index (χ2n) is 13.0. The van der Waals surface area contributed by atoms with E-state index in [2.05, 4.69) is 38.1 Å². The summed E-state index contributed by atoms with van der Waals surface area (Å²) in [6.07, 6.45) is 22.6. The molecule has 0 N–H and O–H groups in total. The van der Waals surface area contributed by atoms with Crippen LogP contribution in [0, 0.1) is 30.6 Å². The van der Waals surface area contributed by atoms with Gasteiger partial charge in [0.05, 0.1) is 0 Å². The van der Waals surface area contributed by atoms with Crippen LogP contribution in [-0.2, 0) is 9.59 Å². The SMILES string of the molecule is Cc1cc2c(cc1C(=O)C1CCC(CC3=CCC(C)C=C3)CC1)C(C(=O)C(=O)C1CCCCCCC1)=CC2C. The Morgan fingerprint density at radius 2 is 1.54 bits per heavy atom. The maximum absolute atomic E-state index is 13.8. The molecule has 0 saturated heterocycles. The number of carbonyl (C=O) groups is 3. The number of benzene rings is 1. The highest BCUT2D eigenvalue weighted by Gasteiger charge is 2.35. The number of allylic oxidation sites excluding steroid dienone is 6. The first-order valence-corrected chi connectivity index (χ1v) is 15.7. The molecule has 4 aliphatic carbocycles. The molecule has 2 saturated carbocycles. The van der Waals surface area contributed by atoms with Crippen molar-refractivity contribution in [2.24, 2.45) is 23.7 Å². The Bertz CT molecular complexity index is 1200. The van der Waals surface area contributed by atoms with Crippen LogP contribution < -0.4 is 0 Å². The number of rotatable bonds is 7. The van der Waals surface area contributed by atoms with Gasteiger partial charge in [0.25, 0.3) is 0 Å². The van der Waals surface area contributed by atoms with Gasteiger partial charge in [0.15, 0.2) is 5.78 Å². The highest BCUT2D eigenvalue weighted by atomic mass is 16.2. The van der Waals surface area contributed by atoms with Gasteiger partial charge in [-0.05, 0) is 92.9 Å². The molecule has 0 heterocycles. The summed E-state index contributed by atoms with van der Waals surface area (Å²) in [7, 11) is 0. The fourth-order valence-corrected chi connectivity index (χ4v) is 7.37. The van der Waals surface area contributed by atoms with E-state index in [-0.39, 0.29) is 35.1 Å². The van der Waals surface area contributed by atoms with Gasteiger partial charge in [-0.2, -0.15) is 0 Å². The zero-order chi connectivity index (χ0) is 27.5. The van der Waals surface area contributed by atoms with Gasteiger partial charge in [-0.1, -0.05) is 81.9 Å². The van der Waals surface area contributed by atoms with E-state index in [1.54, 1.807) is 0 Å². The fourth-order valence-electron chi connectivity index (χ4n) is 7.37. The first-order valence-electron chi connectivity index (χ1n) is 15.7. The molecule has 0 aromatic heterocycles. The third-order valence-corrected chi connectivity index (χ3v) is 9.94. The van der Waals surface area contributed by atoms with Crippen molar-refractivity contribution < 1.29 is 14.4 Å². The van der Waals surface area contributed by atoms with E-state index in [1.165, 1.54) is 12.0 Å². The Labute approximate surface area is 235 Å². The second-order valence-corrected chi connectivity index (χ2v) is 13.0. The molecule has 1 aromatic carbocycles. The van der Waals surface area contributed by atoms with Crippen LogP contribution >= 0.6 is 0 Å². The Morgan fingerprint density at radius 1 is 0.846 bits per heavy atom. The van der Waals surface area contributed by atoms with Gasteiger partial charge in [0.2, 0.25) is 11.6 Å². The van der Waals surface area contributed by atoms with Crippen LogP contribution in [0.3, 0.4) is 0 Å².